The maximum Gasteiger partial charge on any atom is 0.159 e. The second-order valence-corrected chi connectivity index (χ2v) is 13.9. The van der Waals surface area contributed by atoms with Gasteiger partial charge in [0.25, 0.3) is 0 Å². The van der Waals surface area contributed by atoms with Gasteiger partial charge in [-0.05, 0) is 60.8 Å². The van der Waals surface area contributed by atoms with Crippen LogP contribution in [0.15, 0.2) is 22.1 Å². The fourth-order valence-electron chi connectivity index (χ4n) is 6.00. The zero-order valence-electron chi connectivity index (χ0n) is 22.4. The van der Waals surface area contributed by atoms with Crippen LogP contribution >= 0.6 is 46.7 Å². The third kappa shape index (κ3) is 8.68. The summed E-state index contributed by atoms with van der Waals surface area (Å²) in [5.41, 5.74) is 2.42. The second-order valence-electron chi connectivity index (χ2n) is 11.2. The monoisotopic (exact) mass is 596 g/mol. The molecule has 0 amide bonds. The predicted octanol–water partition coefficient (Wildman–Crippen LogP) is 6.97. The van der Waals surface area contributed by atoms with Crippen molar-refractivity contribution in [1.29, 1.82) is 0 Å². The van der Waals surface area contributed by atoms with E-state index in [0.717, 1.165) is 60.4 Å². The molecule has 2 aliphatic carbocycles. The molecule has 1 aromatic carbocycles. The Kier molecular flexibility index (Phi) is 11.3. The normalized spacial score (nSPS) is 22.5. The molecule has 0 saturated heterocycles. The molecule has 10 heteroatoms. The number of rotatable bonds is 8. The van der Waals surface area contributed by atoms with Gasteiger partial charge in [0, 0.05) is 24.6 Å². The Morgan fingerprint density at radius 2 is 1.11 bits per heavy atom. The van der Waals surface area contributed by atoms with Gasteiger partial charge in [0.05, 0.1) is 36.7 Å². The second kappa shape index (κ2) is 14.8. The summed E-state index contributed by atoms with van der Waals surface area (Å²) in [7, 11) is 0. The molecule has 5 rings (SSSR count). The first kappa shape index (κ1) is 28.9. The van der Waals surface area contributed by atoms with Crippen molar-refractivity contribution >= 4 is 57.1 Å². The van der Waals surface area contributed by atoms with Crippen LogP contribution in [0.5, 0.6) is 0 Å². The van der Waals surface area contributed by atoms with Crippen LogP contribution in [0.4, 0.5) is 0 Å². The highest BCUT2D eigenvalue weighted by molar-refractivity contribution is 8.13. The average Bonchev–Trinajstić information content (AvgIpc) is 2.95. The van der Waals surface area contributed by atoms with Crippen LogP contribution in [0, 0.1) is 11.8 Å². The van der Waals surface area contributed by atoms with Crippen LogP contribution in [-0.2, 0) is 11.5 Å². The molecule has 210 valence electrons. The quantitative estimate of drug-likeness (QED) is 0.338. The summed E-state index contributed by atoms with van der Waals surface area (Å²) < 4.78 is 0. The highest BCUT2D eigenvalue weighted by Gasteiger charge is 2.21. The first-order valence-corrected chi connectivity index (χ1v) is 17.1. The van der Waals surface area contributed by atoms with Gasteiger partial charge in [-0.25, -0.2) is 9.98 Å². The van der Waals surface area contributed by atoms with Crippen molar-refractivity contribution in [2.45, 2.75) is 75.7 Å². The van der Waals surface area contributed by atoms with Crippen molar-refractivity contribution in [3.8, 4) is 0 Å². The standard InChI is InChI=1S/C28H42Cl2N6S2/c29-25-11-23(15-37-27-31-17-35(18-32-27)13-21-7-3-1-4-8-21)24(12-26(25)30)16-38-28-33-19-36(20-34-28)14-22-9-5-2-6-10-22/h11-12,21-22H,1-10,13-20H2,(H,31,32)(H,33,34). The lowest BCUT2D eigenvalue weighted by molar-refractivity contribution is 0.196. The van der Waals surface area contributed by atoms with Crippen molar-refractivity contribution in [2.75, 3.05) is 39.8 Å². The van der Waals surface area contributed by atoms with Gasteiger partial charge in [-0.3, -0.25) is 9.80 Å². The van der Waals surface area contributed by atoms with Gasteiger partial charge in [-0.1, -0.05) is 85.3 Å². The van der Waals surface area contributed by atoms with E-state index in [0.29, 0.717) is 10.0 Å². The maximum atomic E-state index is 6.42. The van der Waals surface area contributed by atoms with Gasteiger partial charge in [0.1, 0.15) is 0 Å². The smallest absolute Gasteiger partial charge is 0.159 e. The SMILES string of the molecule is Clc1cc(CSC2=NCN(CC3CCCCC3)CN2)c(CSC2=NCN(CC3CCCCC3)CN2)cc1Cl. The molecule has 1 aromatic rings. The van der Waals surface area contributed by atoms with Crippen LogP contribution in [0.1, 0.15) is 75.3 Å². The zero-order valence-corrected chi connectivity index (χ0v) is 25.5. The lowest BCUT2D eigenvalue weighted by Gasteiger charge is -2.31. The van der Waals surface area contributed by atoms with E-state index in [-0.39, 0.29) is 0 Å². The Morgan fingerprint density at radius 1 is 0.684 bits per heavy atom. The highest BCUT2D eigenvalue weighted by Crippen LogP contribution is 2.32. The molecule has 2 fully saturated rings. The van der Waals surface area contributed by atoms with E-state index in [1.807, 2.05) is 12.1 Å². The Labute approximate surface area is 247 Å². The molecule has 0 bridgehead atoms. The topological polar surface area (TPSA) is 55.3 Å². The Balaban J connectivity index is 1.10. The van der Waals surface area contributed by atoms with Crippen molar-refractivity contribution in [3.05, 3.63) is 33.3 Å². The molecule has 0 atom stereocenters. The minimum Gasteiger partial charge on any atom is -0.352 e. The van der Waals surface area contributed by atoms with Crippen LogP contribution in [0.3, 0.4) is 0 Å². The summed E-state index contributed by atoms with van der Waals surface area (Å²) in [6.07, 6.45) is 13.9. The van der Waals surface area contributed by atoms with E-state index in [1.54, 1.807) is 23.5 Å². The van der Waals surface area contributed by atoms with Crippen molar-refractivity contribution < 1.29 is 0 Å². The number of hydrogen-bond donors (Lipinski definition) is 2. The zero-order chi connectivity index (χ0) is 26.2. The largest absolute Gasteiger partial charge is 0.352 e. The number of amidine groups is 2. The Morgan fingerprint density at radius 3 is 1.47 bits per heavy atom. The lowest BCUT2D eigenvalue weighted by Crippen LogP contribution is -2.44. The summed E-state index contributed by atoms with van der Waals surface area (Å²) in [4.78, 5) is 14.5. The van der Waals surface area contributed by atoms with Gasteiger partial charge in [0.2, 0.25) is 0 Å². The molecule has 2 N–H and O–H groups in total. The molecule has 0 spiro atoms. The van der Waals surface area contributed by atoms with Crippen molar-refractivity contribution in [3.63, 3.8) is 0 Å². The number of halogens is 2. The van der Waals surface area contributed by atoms with E-state index < -0.39 is 0 Å². The molecule has 38 heavy (non-hydrogen) atoms. The number of nitrogens with one attached hydrogen (secondary N) is 2. The first-order valence-electron chi connectivity index (χ1n) is 14.4. The summed E-state index contributed by atoms with van der Waals surface area (Å²) in [5, 5.41) is 10.3. The Hall–Kier alpha value is -0.640. The van der Waals surface area contributed by atoms with Crippen LogP contribution < -0.4 is 10.6 Å². The minimum absolute atomic E-state index is 0.611. The number of nitrogens with zero attached hydrogens (tertiary/aromatic N) is 4. The molecular formula is C28H42Cl2N6S2. The van der Waals surface area contributed by atoms with E-state index >= 15 is 0 Å². The average molecular weight is 598 g/mol. The third-order valence-corrected chi connectivity index (χ3v) is 10.9. The molecule has 0 aromatic heterocycles. The minimum atomic E-state index is 0.611. The molecule has 6 nitrogen and oxygen atoms in total. The van der Waals surface area contributed by atoms with Gasteiger partial charge in [-0.15, -0.1) is 0 Å². The number of benzene rings is 1. The van der Waals surface area contributed by atoms with Crippen molar-refractivity contribution in [1.82, 2.24) is 20.4 Å². The van der Waals surface area contributed by atoms with Gasteiger partial charge in [-0.2, -0.15) is 0 Å². The van der Waals surface area contributed by atoms with Crippen LogP contribution in [0.25, 0.3) is 0 Å². The van der Waals surface area contributed by atoms with Gasteiger partial charge in [0.15, 0.2) is 10.3 Å². The fraction of sp³-hybridized carbons (Fsp3) is 0.714. The highest BCUT2D eigenvalue weighted by atomic mass is 35.5. The van der Waals surface area contributed by atoms with E-state index in [4.69, 9.17) is 33.2 Å². The number of hydrogen-bond acceptors (Lipinski definition) is 8. The summed E-state index contributed by atoms with van der Waals surface area (Å²) in [5.74, 6) is 3.32. The summed E-state index contributed by atoms with van der Waals surface area (Å²) in [6, 6.07) is 4.04. The predicted molar refractivity (Wildman–Crippen MR) is 166 cm³/mol. The molecular weight excluding hydrogens is 555 g/mol. The van der Waals surface area contributed by atoms with Crippen molar-refractivity contribution in [2.24, 2.45) is 21.8 Å². The van der Waals surface area contributed by atoms with Crippen LogP contribution in [-0.4, -0.2) is 59.9 Å². The molecule has 0 unspecified atom stereocenters. The summed E-state index contributed by atoms with van der Waals surface area (Å²) >= 11 is 16.4. The van der Waals surface area contributed by atoms with Crippen LogP contribution in [0.2, 0.25) is 10.0 Å². The van der Waals surface area contributed by atoms with Gasteiger partial charge < -0.3 is 10.6 Å². The van der Waals surface area contributed by atoms with Gasteiger partial charge >= 0.3 is 0 Å². The number of thioether (sulfide) groups is 2. The molecule has 2 heterocycles. The van der Waals surface area contributed by atoms with E-state index in [9.17, 15) is 0 Å². The number of aliphatic imine (C=N–C) groups is 2. The molecule has 2 aliphatic heterocycles. The summed E-state index contributed by atoms with van der Waals surface area (Å²) in [6.45, 7) is 5.68. The lowest BCUT2D eigenvalue weighted by atomic mass is 9.89. The maximum absolute atomic E-state index is 6.42. The van der Waals surface area contributed by atoms with E-state index in [2.05, 4.69) is 20.4 Å². The first-order chi connectivity index (χ1) is 18.6. The molecule has 4 aliphatic rings. The molecule has 2 saturated carbocycles. The van der Waals surface area contributed by atoms with E-state index in [1.165, 1.54) is 88.4 Å². The molecule has 0 radical (unpaired) electrons. The third-order valence-electron chi connectivity index (χ3n) is 8.19. The fourth-order valence-corrected chi connectivity index (χ4v) is 8.12. The Bertz CT molecular complexity index is 901.